The summed E-state index contributed by atoms with van der Waals surface area (Å²) in [4.78, 5) is 23.9. The highest BCUT2D eigenvalue weighted by molar-refractivity contribution is 8.16. The van der Waals surface area contributed by atoms with Gasteiger partial charge in [0, 0.05) is 11.5 Å². The van der Waals surface area contributed by atoms with E-state index in [-0.39, 0.29) is 48.0 Å². The maximum atomic E-state index is 12.2. The van der Waals surface area contributed by atoms with Gasteiger partial charge in [0.25, 0.3) is 0 Å². The standard InChI is InChI=1S/C26H32N2O12S4/c1-35-25(29)23(27-39-43(31,32)19-21-9-5-3-6-10-21)41-17-15-37-13-14-38-16-18-42-24(26(30)36-2)28-40-44(33,34)20-22-11-7-4-8-12-22/h3-12H,13-20H2,1-2H3/b27-23-,28-24-. The number of hydrogen-bond donors (Lipinski definition) is 0. The van der Waals surface area contributed by atoms with Crippen molar-refractivity contribution in [2.45, 2.75) is 11.5 Å². The fourth-order valence-electron chi connectivity index (χ4n) is 2.93. The third kappa shape index (κ3) is 15.5. The van der Waals surface area contributed by atoms with Crippen molar-refractivity contribution in [2.75, 3.05) is 52.2 Å². The number of carbonyl (C=O) groups excluding carboxylic acids is 2. The molecule has 2 aromatic rings. The molecule has 242 valence electrons. The molecule has 18 heteroatoms. The zero-order chi connectivity index (χ0) is 32.3. The lowest BCUT2D eigenvalue weighted by Gasteiger charge is -2.08. The Morgan fingerprint density at radius 3 is 1.32 bits per heavy atom. The predicted molar refractivity (Wildman–Crippen MR) is 166 cm³/mol. The molecule has 0 saturated heterocycles. The number of hydrogen-bond acceptors (Lipinski definition) is 16. The Bertz CT molecular complexity index is 1340. The van der Waals surface area contributed by atoms with Crippen LogP contribution in [0.4, 0.5) is 0 Å². The van der Waals surface area contributed by atoms with E-state index < -0.39 is 43.7 Å². The molecule has 0 amide bonds. The molecule has 0 radical (unpaired) electrons. The molecule has 0 heterocycles. The summed E-state index contributed by atoms with van der Waals surface area (Å²) in [5, 5.41) is 6.33. The van der Waals surface area contributed by atoms with Crippen molar-refractivity contribution in [1.29, 1.82) is 0 Å². The lowest BCUT2D eigenvalue weighted by molar-refractivity contribution is -0.133. The summed E-state index contributed by atoms with van der Waals surface area (Å²) in [7, 11) is -5.90. The minimum Gasteiger partial charge on any atom is -0.464 e. The number of rotatable bonds is 17. The highest BCUT2D eigenvalue weighted by Crippen LogP contribution is 2.13. The third-order valence-electron chi connectivity index (χ3n) is 4.86. The first-order valence-electron chi connectivity index (χ1n) is 12.7. The van der Waals surface area contributed by atoms with E-state index in [1.807, 2.05) is 0 Å². The molecule has 0 bridgehead atoms. The maximum Gasteiger partial charge on any atom is 0.366 e. The number of methoxy groups -OCH3 is 2. The van der Waals surface area contributed by atoms with Crippen molar-refractivity contribution in [3.05, 3.63) is 71.8 Å². The van der Waals surface area contributed by atoms with Gasteiger partial charge in [-0.05, 0) is 11.1 Å². The van der Waals surface area contributed by atoms with Gasteiger partial charge < -0.3 is 18.9 Å². The van der Waals surface area contributed by atoms with E-state index in [0.717, 1.165) is 37.7 Å². The molecule has 14 nitrogen and oxygen atoms in total. The molecule has 0 aliphatic rings. The van der Waals surface area contributed by atoms with Gasteiger partial charge in [0.1, 0.15) is 11.5 Å². The molecular weight excluding hydrogens is 661 g/mol. The second kappa shape index (κ2) is 20.0. The number of nitrogens with zero attached hydrogens (tertiary/aromatic N) is 2. The zero-order valence-electron chi connectivity index (χ0n) is 23.9. The van der Waals surface area contributed by atoms with Crippen molar-refractivity contribution in [1.82, 2.24) is 0 Å². The Kier molecular flexibility index (Phi) is 16.8. The smallest absolute Gasteiger partial charge is 0.366 e. The van der Waals surface area contributed by atoms with Crippen LogP contribution in [0.3, 0.4) is 0 Å². The molecule has 44 heavy (non-hydrogen) atoms. The van der Waals surface area contributed by atoms with Crippen LogP contribution >= 0.6 is 23.5 Å². The first kappa shape index (κ1) is 37.0. The average molecular weight is 693 g/mol. The van der Waals surface area contributed by atoms with E-state index in [9.17, 15) is 26.4 Å². The molecule has 2 rings (SSSR count). The largest absolute Gasteiger partial charge is 0.464 e. The van der Waals surface area contributed by atoms with Crippen LogP contribution in [0.5, 0.6) is 0 Å². The van der Waals surface area contributed by atoms with Gasteiger partial charge in [0.2, 0.25) is 10.1 Å². The van der Waals surface area contributed by atoms with E-state index in [0.29, 0.717) is 11.1 Å². The normalized spacial score (nSPS) is 12.4. The van der Waals surface area contributed by atoms with Crippen molar-refractivity contribution in [3.63, 3.8) is 0 Å². The van der Waals surface area contributed by atoms with Crippen LogP contribution in [0.1, 0.15) is 11.1 Å². The summed E-state index contributed by atoms with van der Waals surface area (Å²) >= 11 is 1.79. The van der Waals surface area contributed by atoms with E-state index in [1.54, 1.807) is 60.7 Å². The summed E-state index contributed by atoms with van der Waals surface area (Å²) in [6, 6.07) is 16.7. The Morgan fingerprint density at radius 1 is 0.614 bits per heavy atom. The van der Waals surface area contributed by atoms with Crippen LogP contribution in [-0.2, 0) is 68.8 Å². The van der Waals surface area contributed by atoms with Crippen LogP contribution < -0.4 is 0 Å². The number of oxime groups is 2. The molecular formula is C26H32N2O12S4. The molecule has 0 atom stereocenters. The van der Waals surface area contributed by atoms with Crippen molar-refractivity contribution >= 4 is 65.8 Å². The summed E-state index contributed by atoms with van der Waals surface area (Å²) in [6.45, 7) is 0.723. The molecule has 0 saturated carbocycles. The van der Waals surface area contributed by atoms with Crippen LogP contribution in [0.25, 0.3) is 0 Å². The van der Waals surface area contributed by atoms with E-state index >= 15 is 0 Å². The molecule has 0 aliphatic heterocycles. The van der Waals surface area contributed by atoms with Crippen LogP contribution in [-0.4, -0.2) is 91.0 Å². The summed E-state index contributed by atoms with van der Waals surface area (Å²) < 4.78 is 78.1. The van der Waals surface area contributed by atoms with Gasteiger partial charge in [-0.15, -0.1) is 0 Å². The number of thioether (sulfide) groups is 2. The number of ether oxygens (including phenoxy) is 4. The summed E-state index contributed by atoms with van der Waals surface area (Å²) in [5.74, 6) is -2.09. The Hall–Kier alpha value is -3.16. The second-order valence-electron chi connectivity index (χ2n) is 8.22. The summed E-state index contributed by atoms with van der Waals surface area (Å²) in [5.41, 5.74) is 1.00. The van der Waals surface area contributed by atoms with Gasteiger partial charge in [0.15, 0.2) is 0 Å². The highest BCUT2D eigenvalue weighted by atomic mass is 32.2. The number of carbonyl (C=O) groups is 2. The first-order chi connectivity index (χ1) is 21.0. The third-order valence-corrected chi connectivity index (χ3v) is 8.61. The minimum absolute atomic E-state index is 0.170. The predicted octanol–water partition coefficient (Wildman–Crippen LogP) is 2.55. The molecule has 0 spiro atoms. The quantitative estimate of drug-likeness (QED) is 0.0775. The molecule has 0 aliphatic carbocycles. The Labute approximate surface area is 264 Å². The maximum absolute atomic E-state index is 12.2. The monoisotopic (exact) mass is 692 g/mol. The topological polar surface area (TPSA) is 183 Å². The second-order valence-corrected chi connectivity index (χ2v) is 13.5. The fraction of sp³-hybridized carbons (Fsp3) is 0.385. The van der Waals surface area contributed by atoms with Crippen molar-refractivity contribution in [2.24, 2.45) is 10.3 Å². The molecule has 0 unspecified atom stereocenters. The van der Waals surface area contributed by atoms with E-state index in [2.05, 4.69) is 28.4 Å². The fourth-order valence-corrected chi connectivity index (χ4v) is 6.08. The lowest BCUT2D eigenvalue weighted by atomic mass is 10.2. The van der Waals surface area contributed by atoms with Gasteiger partial charge in [-0.3, -0.25) is 8.57 Å². The van der Waals surface area contributed by atoms with Gasteiger partial charge >= 0.3 is 32.2 Å². The van der Waals surface area contributed by atoms with Crippen LogP contribution in [0.15, 0.2) is 71.0 Å². The van der Waals surface area contributed by atoms with E-state index in [1.165, 1.54) is 0 Å². The van der Waals surface area contributed by atoms with Crippen molar-refractivity contribution in [3.8, 4) is 0 Å². The SMILES string of the molecule is COC(=O)/C(=N/OS(=O)(=O)Cc1ccccc1)SCCOCCOCCS/C(=N\OS(=O)(=O)Cc1ccccc1)C(=O)OC. The van der Waals surface area contributed by atoms with Crippen LogP contribution in [0.2, 0.25) is 0 Å². The molecule has 2 aromatic carbocycles. The van der Waals surface area contributed by atoms with E-state index in [4.69, 9.17) is 9.47 Å². The Morgan fingerprint density at radius 2 is 0.977 bits per heavy atom. The zero-order valence-corrected chi connectivity index (χ0v) is 27.1. The van der Waals surface area contributed by atoms with Gasteiger partial charge in [0.05, 0.1) is 40.6 Å². The molecule has 0 N–H and O–H groups in total. The van der Waals surface area contributed by atoms with Gasteiger partial charge in [-0.25, -0.2) is 9.59 Å². The number of benzene rings is 2. The number of esters is 2. The minimum atomic E-state index is -4.08. The van der Waals surface area contributed by atoms with Crippen molar-refractivity contribution < 1.29 is 53.9 Å². The van der Waals surface area contributed by atoms with Gasteiger partial charge in [-0.1, -0.05) is 94.5 Å². The Balaban J connectivity index is 1.67. The highest BCUT2D eigenvalue weighted by Gasteiger charge is 2.19. The average Bonchev–Trinajstić information content (AvgIpc) is 3.00. The van der Waals surface area contributed by atoms with Gasteiger partial charge in [-0.2, -0.15) is 16.8 Å². The molecule has 0 aromatic heterocycles. The first-order valence-corrected chi connectivity index (χ1v) is 17.8. The summed E-state index contributed by atoms with van der Waals surface area (Å²) in [6.07, 6.45) is 0. The lowest BCUT2D eigenvalue weighted by Crippen LogP contribution is -2.17. The molecule has 0 fully saturated rings. The van der Waals surface area contributed by atoms with Crippen LogP contribution in [0, 0.1) is 0 Å².